The molecule has 0 saturated carbocycles. The molecule has 0 heterocycles. The Morgan fingerprint density at radius 2 is 2.22 bits per heavy atom. The van der Waals surface area contributed by atoms with Crippen molar-refractivity contribution in [1.29, 1.82) is 0 Å². The Bertz CT molecular complexity index is 118. The maximum Gasteiger partial charge on any atom is 0.197 e. The highest BCUT2D eigenvalue weighted by atomic mass is 31.2. The molecule has 1 unspecified atom stereocenters. The summed E-state index contributed by atoms with van der Waals surface area (Å²) in [5, 5.41) is 0. The van der Waals surface area contributed by atoms with Crippen LogP contribution in [0, 0.1) is 0 Å². The summed E-state index contributed by atoms with van der Waals surface area (Å²) in [7, 11) is -2.80. The predicted octanol–water partition coefficient (Wildman–Crippen LogP) is 0.624. The summed E-state index contributed by atoms with van der Waals surface area (Å²) in [6.07, 6.45) is 0.967. The van der Waals surface area contributed by atoms with Crippen LogP contribution in [0.25, 0.3) is 0 Å². The van der Waals surface area contributed by atoms with Crippen molar-refractivity contribution in [2.24, 2.45) is 5.73 Å². The molecule has 0 aliphatic rings. The van der Waals surface area contributed by atoms with E-state index in [1.807, 2.05) is 6.92 Å². The zero-order chi connectivity index (χ0) is 7.49. The van der Waals surface area contributed by atoms with Gasteiger partial charge in [-0.05, 0) is 13.3 Å². The minimum Gasteiger partial charge on any atom is -0.344 e. The highest BCUT2D eigenvalue weighted by molar-refractivity contribution is 7.57. The molecule has 0 spiro atoms. The molecule has 0 aromatic carbocycles. The van der Waals surface area contributed by atoms with Crippen LogP contribution in [-0.2, 0) is 4.57 Å². The van der Waals surface area contributed by atoms with Gasteiger partial charge in [0.2, 0.25) is 0 Å². The van der Waals surface area contributed by atoms with Gasteiger partial charge in [0.25, 0.3) is 0 Å². The van der Waals surface area contributed by atoms with Crippen LogP contribution in [-0.4, -0.2) is 23.8 Å². The third kappa shape index (κ3) is 8.15. The summed E-state index contributed by atoms with van der Waals surface area (Å²) in [5.74, 6) is 0. The minimum absolute atomic E-state index is 0.0328. The second-order valence-electron chi connectivity index (χ2n) is 2.54. The first-order valence-electron chi connectivity index (χ1n) is 2.96. The van der Waals surface area contributed by atoms with E-state index in [2.05, 4.69) is 0 Å². The van der Waals surface area contributed by atoms with Gasteiger partial charge in [-0.3, -0.25) is 4.57 Å². The van der Waals surface area contributed by atoms with Gasteiger partial charge in [-0.1, -0.05) is 0 Å². The van der Waals surface area contributed by atoms with Gasteiger partial charge in [0.05, 0.1) is 0 Å². The number of rotatable bonds is 3. The van der Waals surface area contributed by atoms with Crippen LogP contribution in [0.2, 0.25) is 0 Å². The van der Waals surface area contributed by atoms with Gasteiger partial charge in [-0.15, -0.1) is 0 Å². The van der Waals surface area contributed by atoms with E-state index in [0.29, 0.717) is 12.6 Å². The maximum absolute atomic E-state index is 10.6. The monoisotopic (exact) mass is 151 g/mol. The largest absolute Gasteiger partial charge is 0.344 e. The fourth-order valence-corrected chi connectivity index (χ4v) is 1.33. The van der Waals surface area contributed by atoms with E-state index >= 15 is 0 Å². The van der Waals surface area contributed by atoms with Gasteiger partial charge in [0, 0.05) is 18.9 Å². The molecule has 56 valence electrons. The average molecular weight is 151 g/mol. The fraction of sp³-hybridized carbons (Fsp3) is 1.00. The third-order valence-electron chi connectivity index (χ3n) is 0.999. The van der Waals surface area contributed by atoms with Crippen molar-refractivity contribution in [3.63, 3.8) is 0 Å². The third-order valence-corrected chi connectivity index (χ3v) is 2.09. The maximum atomic E-state index is 10.6. The van der Waals surface area contributed by atoms with Crippen molar-refractivity contribution in [1.82, 2.24) is 0 Å². The Morgan fingerprint density at radius 1 is 1.78 bits per heavy atom. The van der Waals surface area contributed by atoms with Crippen LogP contribution in [0.4, 0.5) is 0 Å². The van der Waals surface area contributed by atoms with Crippen LogP contribution >= 0.6 is 7.37 Å². The zero-order valence-electron chi connectivity index (χ0n) is 5.87. The first-order valence-corrected chi connectivity index (χ1v) is 5.26. The van der Waals surface area contributed by atoms with Gasteiger partial charge in [-0.2, -0.15) is 0 Å². The van der Waals surface area contributed by atoms with Gasteiger partial charge < -0.3 is 10.6 Å². The molecule has 0 fully saturated rings. The molecule has 0 aromatic rings. The van der Waals surface area contributed by atoms with Crippen molar-refractivity contribution in [2.75, 3.05) is 12.8 Å². The van der Waals surface area contributed by atoms with Crippen LogP contribution in [0.1, 0.15) is 13.3 Å². The molecule has 0 aromatic heterocycles. The summed E-state index contributed by atoms with van der Waals surface area (Å²) < 4.78 is 10.6. The molecule has 2 atom stereocenters. The van der Waals surface area contributed by atoms with E-state index in [0.717, 1.165) is 0 Å². The molecule has 0 amide bonds. The normalized spacial score (nSPS) is 20.9. The van der Waals surface area contributed by atoms with Gasteiger partial charge in [0.15, 0.2) is 7.37 Å². The zero-order valence-corrected chi connectivity index (χ0v) is 6.77. The highest BCUT2D eigenvalue weighted by Gasteiger charge is 2.09. The molecule has 3 N–H and O–H groups in total. The van der Waals surface area contributed by atoms with E-state index in [1.165, 1.54) is 6.66 Å². The molecule has 0 saturated heterocycles. The molecular weight excluding hydrogens is 137 g/mol. The van der Waals surface area contributed by atoms with E-state index in [1.54, 1.807) is 0 Å². The smallest absolute Gasteiger partial charge is 0.197 e. The molecular formula is C5H14NO2P. The molecule has 0 rings (SSSR count). The van der Waals surface area contributed by atoms with Crippen LogP contribution in [0.3, 0.4) is 0 Å². The Hall–Kier alpha value is 0.150. The van der Waals surface area contributed by atoms with E-state index in [-0.39, 0.29) is 6.04 Å². The number of hydrogen-bond donors (Lipinski definition) is 2. The van der Waals surface area contributed by atoms with Crippen LogP contribution in [0.5, 0.6) is 0 Å². The SMILES string of the molecule is C[C@@H](N)CCP(C)(=O)O. The van der Waals surface area contributed by atoms with Crippen molar-refractivity contribution >= 4 is 7.37 Å². The van der Waals surface area contributed by atoms with E-state index in [9.17, 15) is 4.57 Å². The van der Waals surface area contributed by atoms with Gasteiger partial charge in [-0.25, -0.2) is 0 Å². The molecule has 0 bridgehead atoms. The van der Waals surface area contributed by atoms with Gasteiger partial charge in [0.1, 0.15) is 0 Å². The lowest BCUT2D eigenvalue weighted by molar-refractivity contribution is 0.480. The first-order chi connectivity index (χ1) is 3.92. The molecule has 0 aliphatic carbocycles. The lowest BCUT2D eigenvalue weighted by Gasteiger charge is -2.06. The second kappa shape index (κ2) is 3.35. The predicted molar refractivity (Wildman–Crippen MR) is 38.9 cm³/mol. The highest BCUT2D eigenvalue weighted by Crippen LogP contribution is 2.35. The van der Waals surface area contributed by atoms with Crippen LogP contribution in [0.15, 0.2) is 0 Å². The molecule has 9 heavy (non-hydrogen) atoms. The lowest BCUT2D eigenvalue weighted by Crippen LogP contribution is -2.16. The number of hydrogen-bond acceptors (Lipinski definition) is 2. The average Bonchev–Trinajstić information content (AvgIpc) is 1.59. The summed E-state index contributed by atoms with van der Waals surface area (Å²) in [4.78, 5) is 8.77. The molecule has 0 aliphatic heterocycles. The fourth-order valence-electron chi connectivity index (χ4n) is 0.443. The van der Waals surface area contributed by atoms with E-state index < -0.39 is 7.37 Å². The standard InChI is InChI=1S/C5H14NO2P/c1-5(6)3-4-9(2,7)8/h5H,3-4,6H2,1-2H3,(H,7,8)/t5-/m1/s1. The quantitative estimate of drug-likeness (QED) is 0.581. The number of nitrogens with two attached hydrogens (primary N) is 1. The summed E-state index contributed by atoms with van der Waals surface area (Å²) in [6.45, 7) is 3.19. The summed E-state index contributed by atoms with van der Waals surface area (Å²) in [5.41, 5.74) is 5.37. The Kier molecular flexibility index (Phi) is 3.41. The molecule has 0 radical (unpaired) electrons. The Balaban J connectivity index is 3.40. The lowest BCUT2D eigenvalue weighted by atomic mass is 10.3. The summed E-state index contributed by atoms with van der Waals surface area (Å²) >= 11 is 0. The van der Waals surface area contributed by atoms with Crippen molar-refractivity contribution < 1.29 is 9.46 Å². The van der Waals surface area contributed by atoms with Gasteiger partial charge >= 0.3 is 0 Å². The van der Waals surface area contributed by atoms with Crippen molar-refractivity contribution in [3.05, 3.63) is 0 Å². The second-order valence-corrected chi connectivity index (χ2v) is 5.09. The Labute approximate surface area is 55.7 Å². The Morgan fingerprint density at radius 3 is 2.33 bits per heavy atom. The molecule has 3 nitrogen and oxygen atoms in total. The van der Waals surface area contributed by atoms with E-state index in [4.69, 9.17) is 10.6 Å². The van der Waals surface area contributed by atoms with Crippen LogP contribution < -0.4 is 5.73 Å². The topological polar surface area (TPSA) is 63.3 Å². The minimum atomic E-state index is -2.80. The van der Waals surface area contributed by atoms with Crippen molar-refractivity contribution in [3.8, 4) is 0 Å². The molecule has 4 heteroatoms. The first kappa shape index (κ1) is 9.15. The summed E-state index contributed by atoms with van der Waals surface area (Å²) in [6, 6.07) is 0.0328. The van der Waals surface area contributed by atoms with Crippen molar-refractivity contribution in [2.45, 2.75) is 19.4 Å².